The summed E-state index contributed by atoms with van der Waals surface area (Å²) >= 11 is 5.21. The zero-order chi connectivity index (χ0) is 13.5. The molecule has 4 heteroatoms. The number of hydrogen-bond donors (Lipinski definition) is 0. The summed E-state index contributed by atoms with van der Waals surface area (Å²) in [5.74, 6) is 1.68. The molecule has 0 amide bonds. The predicted octanol–water partition coefficient (Wildman–Crippen LogP) is 4.66. The minimum Gasteiger partial charge on any atom is -0.490 e. The van der Waals surface area contributed by atoms with E-state index in [0.717, 1.165) is 28.8 Å². The average molecular weight is 341 g/mol. The van der Waals surface area contributed by atoms with Crippen LogP contribution in [0.3, 0.4) is 0 Å². The maximum atomic E-state index is 5.93. The molecular weight excluding hydrogens is 324 g/mol. The third kappa shape index (κ3) is 3.98. The molecule has 0 aliphatic heterocycles. The minimum absolute atomic E-state index is 0.645. The van der Waals surface area contributed by atoms with Crippen LogP contribution in [0.1, 0.15) is 18.1 Å². The molecule has 1 heterocycles. The second-order valence-corrected chi connectivity index (χ2v) is 5.38. The Morgan fingerprint density at radius 3 is 2.79 bits per heavy atom. The van der Waals surface area contributed by atoms with Crippen molar-refractivity contribution in [3.05, 3.63) is 46.2 Å². The maximum Gasteiger partial charge on any atom is 0.165 e. The topological polar surface area (TPSA) is 18.5 Å². The Morgan fingerprint density at radius 1 is 1.21 bits per heavy atom. The lowest BCUT2D eigenvalue weighted by atomic mass is 10.2. The quantitative estimate of drug-likeness (QED) is 0.682. The molecule has 0 unspecified atom stereocenters. The van der Waals surface area contributed by atoms with E-state index in [1.165, 1.54) is 5.56 Å². The third-order valence-electron chi connectivity index (χ3n) is 2.72. The van der Waals surface area contributed by atoms with Crippen molar-refractivity contribution >= 4 is 27.3 Å². The van der Waals surface area contributed by atoms with Crippen LogP contribution in [0.15, 0.2) is 35.0 Å². The molecule has 2 aromatic rings. The summed E-state index contributed by atoms with van der Waals surface area (Å²) in [7, 11) is 0. The molecule has 0 saturated heterocycles. The molecule has 102 valence electrons. The van der Waals surface area contributed by atoms with Crippen molar-refractivity contribution in [2.75, 3.05) is 13.2 Å². The van der Waals surface area contributed by atoms with E-state index in [1.807, 2.05) is 19.1 Å². The first-order chi connectivity index (χ1) is 9.35. The van der Waals surface area contributed by atoms with Crippen LogP contribution in [-0.4, -0.2) is 13.2 Å². The standard InChI is InChI=1S/C15H17BrO2S/c1-2-17-14-5-3-4-13(10-16)15(14)18-8-6-12-7-9-19-11-12/h3-5,7,9,11H,2,6,8,10H2,1H3. The minimum atomic E-state index is 0.645. The number of rotatable bonds is 7. The van der Waals surface area contributed by atoms with E-state index in [9.17, 15) is 0 Å². The Bertz CT molecular complexity index is 497. The molecule has 0 N–H and O–H groups in total. The SMILES string of the molecule is CCOc1cccc(CBr)c1OCCc1ccsc1. The molecular formula is C15H17BrO2S. The number of alkyl halides is 1. The molecule has 1 aromatic carbocycles. The summed E-state index contributed by atoms with van der Waals surface area (Å²) in [5.41, 5.74) is 2.44. The van der Waals surface area contributed by atoms with Crippen LogP contribution in [0.25, 0.3) is 0 Å². The molecule has 0 fully saturated rings. The Balaban J connectivity index is 2.04. The normalized spacial score (nSPS) is 10.4. The van der Waals surface area contributed by atoms with Crippen molar-refractivity contribution in [3.8, 4) is 11.5 Å². The molecule has 0 bridgehead atoms. The van der Waals surface area contributed by atoms with Crippen LogP contribution in [-0.2, 0) is 11.8 Å². The Kier molecular flexibility index (Phi) is 5.73. The summed E-state index contributed by atoms with van der Waals surface area (Å²) < 4.78 is 11.6. The molecule has 0 aliphatic rings. The molecule has 0 aliphatic carbocycles. The lowest BCUT2D eigenvalue weighted by Crippen LogP contribution is -2.05. The molecule has 1 aromatic heterocycles. The Hall–Kier alpha value is -1.00. The van der Waals surface area contributed by atoms with E-state index in [-0.39, 0.29) is 0 Å². The molecule has 0 atom stereocenters. The zero-order valence-electron chi connectivity index (χ0n) is 10.9. The summed E-state index contributed by atoms with van der Waals surface area (Å²) in [5, 5.41) is 5.01. The van der Waals surface area contributed by atoms with Crippen molar-refractivity contribution in [1.29, 1.82) is 0 Å². The highest BCUT2D eigenvalue weighted by molar-refractivity contribution is 9.08. The first kappa shape index (κ1) is 14.4. The van der Waals surface area contributed by atoms with E-state index in [1.54, 1.807) is 11.3 Å². The van der Waals surface area contributed by atoms with Crippen molar-refractivity contribution in [3.63, 3.8) is 0 Å². The summed E-state index contributed by atoms with van der Waals surface area (Å²) in [6, 6.07) is 8.13. The van der Waals surface area contributed by atoms with Crippen molar-refractivity contribution in [1.82, 2.24) is 0 Å². The van der Waals surface area contributed by atoms with Gasteiger partial charge in [0.2, 0.25) is 0 Å². The van der Waals surface area contributed by atoms with Gasteiger partial charge in [-0.3, -0.25) is 0 Å². The Labute approximate surface area is 126 Å². The first-order valence-electron chi connectivity index (χ1n) is 6.29. The first-order valence-corrected chi connectivity index (χ1v) is 8.36. The second-order valence-electron chi connectivity index (χ2n) is 4.04. The predicted molar refractivity (Wildman–Crippen MR) is 83.8 cm³/mol. The second kappa shape index (κ2) is 7.56. The number of ether oxygens (including phenoxy) is 2. The monoisotopic (exact) mass is 340 g/mol. The van der Waals surface area contributed by atoms with Crippen LogP contribution in [0, 0.1) is 0 Å². The number of para-hydroxylation sites is 1. The van der Waals surface area contributed by atoms with Gasteiger partial charge >= 0.3 is 0 Å². The van der Waals surface area contributed by atoms with Gasteiger partial charge in [-0.25, -0.2) is 0 Å². The van der Waals surface area contributed by atoms with Gasteiger partial charge in [0.1, 0.15) is 0 Å². The third-order valence-corrected chi connectivity index (χ3v) is 4.06. The number of hydrogen-bond acceptors (Lipinski definition) is 3. The van der Waals surface area contributed by atoms with E-state index < -0.39 is 0 Å². The fourth-order valence-electron chi connectivity index (χ4n) is 1.81. The van der Waals surface area contributed by atoms with Gasteiger partial charge < -0.3 is 9.47 Å². The average Bonchev–Trinajstić information content (AvgIpc) is 2.93. The molecule has 0 spiro atoms. The Morgan fingerprint density at radius 2 is 2.11 bits per heavy atom. The summed E-state index contributed by atoms with van der Waals surface area (Å²) in [4.78, 5) is 0. The smallest absolute Gasteiger partial charge is 0.165 e. The largest absolute Gasteiger partial charge is 0.490 e. The zero-order valence-corrected chi connectivity index (χ0v) is 13.3. The van der Waals surface area contributed by atoms with Gasteiger partial charge in [-0.2, -0.15) is 11.3 Å². The van der Waals surface area contributed by atoms with E-state index in [4.69, 9.17) is 9.47 Å². The molecule has 19 heavy (non-hydrogen) atoms. The van der Waals surface area contributed by atoms with Gasteiger partial charge in [-0.1, -0.05) is 28.1 Å². The highest BCUT2D eigenvalue weighted by atomic mass is 79.9. The molecule has 0 radical (unpaired) electrons. The van der Waals surface area contributed by atoms with Crippen LogP contribution in [0.5, 0.6) is 11.5 Å². The van der Waals surface area contributed by atoms with E-state index in [0.29, 0.717) is 13.2 Å². The maximum absolute atomic E-state index is 5.93. The van der Waals surface area contributed by atoms with Crippen LogP contribution in [0.4, 0.5) is 0 Å². The highest BCUT2D eigenvalue weighted by Crippen LogP contribution is 2.32. The summed E-state index contributed by atoms with van der Waals surface area (Å²) in [6.07, 6.45) is 0.922. The highest BCUT2D eigenvalue weighted by Gasteiger charge is 2.10. The fraction of sp³-hybridized carbons (Fsp3) is 0.333. The number of thiophene rings is 1. The van der Waals surface area contributed by atoms with Crippen LogP contribution in [0.2, 0.25) is 0 Å². The lowest BCUT2D eigenvalue weighted by molar-refractivity contribution is 0.277. The van der Waals surface area contributed by atoms with Gasteiger partial charge in [0, 0.05) is 17.3 Å². The van der Waals surface area contributed by atoms with Gasteiger partial charge in [0.25, 0.3) is 0 Å². The lowest BCUT2D eigenvalue weighted by Gasteiger charge is -2.14. The summed E-state index contributed by atoms with van der Waals surface area (Å²) in [6.45, 7) is 3.30. The van der Waals surface area contributed by atoms with Gasteiger partial charge in [-0.05, 0) is 35.4 Å². The van der Waals surface area contributed by atoms with Crippen molar-refractivity contribution in [2.45, 2.75) is 18.7 Å². The van der Waals surface area contributed by atoms with Gasteiger partial charge in [0.05, 0.1) is 13.2 Å². The molecule has 2 rings (SSSR count). The van der Waals surface area contributed by atoms with Crippen LogP contribution < -0.4 is 9.47 Å². The van der Waals surface area contributed by atoms with Crippen LogP contribution >= 0.6 is 27.3 Å². The molecule has 2 nitrogen and oxygen atoms in total. The van der Waals surface area contributed by atoms with Gasteiger partial charge in [0.15, 0.2) is 11.5 Å². The van der Waals surface area contributed by atoms with E-state index in [2.05, 4.69) is 38.8 Å². The number of halogens is 1. The fourth-order valence-corrected chi connectivity index (χ4v) is 2.95. The van der Waals surface area contributed by atoms with E-state index >= 15 is 0 Å². The van der Waals surface area contributed by atoms with Crippen molar-refractivity contribution in [2.24, 2.45) is 0 Å². The number of benzene rings is 1. The molecule has 0 saturated carbocycles. The van der Waals surface area contributed by atoms with Gasteiger partial charge in [-0.15, -0.1) is 0 Å². The van der Waals surface area contributed by atoms with Crippen molar-refractivity contribution < 1.29 is 9.47 Å².